The van der Waals surface area contributed by atoms with E-state index in [1.54, 1.807) is 11.2 Å². The molecule has 2 unspecified atom stereocenters. The highest BCUT2D eigenvalue weighted by Crippen LogP contribution is 2.33. The van der Waals surface area contributed by atoms with Crippen LogP contribution in [-0.2, 0) is 11.2 Å². The Bertz CT molecular complexity index is 621. The third-order valence-corrected chi connectivity index (χ3v) is 4.00. The fourth-order valence-corrected chi connectivity index (χ4v) is 2.93. The van der Waals surface area contributed by atoms with Crippen LogP contribution in [0.4, 0.5) is 5.69 Å². The molecule has 0 aliphatic carbocycles. The van der Waals surface area contributed by atoms with Gasteiger partial charge in [0.2, 0.25) is 5.91 Å². The first-order valence-corrected chi connectivity index (χ1v) is 7.29. The minimum absolute atomic E-state index is 0.0647. The second-order valence-electron chi connectivity index (χ2n) is 5.62. The van der Waals surface area contributed by atoms with E-state index in [-0.39, 0.29) is 18.0 Å². The molecule has 1 aromatic heterocycles. The van der Waals surface area contributed by atoms with Gasteiger partial charge in [-0.05, 0) is 30.7 Å². The maximum Gasteiger partial charge on any atom is 0.228 e. The molecule has 1 aliphatic heterocycles. The van der Waals surface area contributed by atoms with Gasteiger partial charge in [0.05, 0.1) is 6.26 Å². The van der Waals surface area contributed by atoms with Crippen molar-refractivity contribution in [3.8, 4) is 0 Å². The predicted molar refractivity (Wildman–Crippen MR) is 82.2 cm³/mol. The Morgan fingerprint density at radius 3 is 2.90 bits per heavy atom. The average Bonchev–Trinajstić information content (AvgIpc) is 2.97. The average molecular weight is 284 g/mol. The fraction of sp³-hybridized carbons (Fsp3) is 0.353. The quantitative estimate of drug-likeness (QED) is 0.939. The van der Waals surface area contributed by atoms with Crippen LogP contribution < -0.4 is 10.2 Å². The number of rotatable bonds is 4. The van der Waals surface area contributed by atoms with E-state index in [4.69, 9.17) is 4.42 Å². The van der Waals surface area contributed by atoms with Gasteiger partial charge in [-0.25, -0.2) is 0 Å². The Morgan fingerprint density at radius 2 is 2.14 bits per heavy atom. The summed E-state index contributed by atoms with van der Waals surface area (Å²) in [6.45, 7) is 2.12. The lowest BCUT2D eigenvalue weighted by molar-refractivity contribution is -0.119. The Hall–Kier alpha value is -2.07. The molecule has 2 heterocycles. The minimum atomic E-state index is 0.0647. The lowest BCUT2D eigenvalue weighted by Gasteiger charge is -2.33. The molecule has 0 bridgehead atoms. The van der Waals surface area contributed by atoms with Gasteiger partial charge in [0.1, 0.15) is 5.76 Å². The molecule has 0 spiro atoms. The third-order valence-electron chi connectivity index (χ3n) is 4.00. The van der Waals surface area contributed by atoms with Crippen LogP contribution in [0.15, 0.2) is 47.1 Å². The molecular formula is C17H20N2O2. The Balaban J connectivity index is 1.76. The molecular weight excluding hydrogens is 264 g/mol. The highest BCUT2D eigenvalue weighted by molar-refractivity contribution is 5.96. The molecule has 4 nitrogen and oxygen atoms in total. The molecule has 21 heavy (non-hydrogen) atoms. The minimum Gasteiger partial charge on any atom is -0.469 e. The van der Waals surface area contributed by atoms with Crippen LogP contribution >= 0.6 is 0 Å². The summed E-state index contributed by atoms with van der Waals surface area (Å²) in [6, 6.07) is 12.3. The normalized spacial score (nSPS) is 19.4. The summed E-state index contributed by atoms with van der Waals surface area (Å²) in [7, 11) is 1.84. The number of furan rings is 1. The molecule has 1 aromatic carbocycles. The first-order chi connectivity index (χ1) is 10.1. The topological polar surface area (TPSA) is 45.5 Å². The number of anilines is 1. The zero-order valence-electron chi connectivity index (χ0n) is 12.4. The Morgan fingerprint density at radius 1 is 1.33 bits per heavy atom. The first kappa shape index (κ1) is 13.9. The van der Waals surface area contributed by atoms with Crippen LogP contribution in [-0.4, -0.2) is 19.0 Å². The van der Waals surface area contributed by atoms with Crippen molar-refractivity contribution in [2.75, 3.05) is 11.9 Å². The Labute approximate surface area is 124 Å². The van der Waals surface area contributed by atoms with Crippen molar-refractivity contribution in [1.82, 2.24) is 5.32 Å². The highest BCUT2D eigenvalue weighted by atomic mass is 16.3. The van der Waals surface area contributed by atoms with Crippen LogP contribution in [0.5, 0.6) is 0 Å². The summed E-state index contributed by atoms with van der Waals surface area (Å²) in [4.78, 5) is 13.9. The molecule has 1 aliphatic rings. The van der Waals surface area contributed by atoms with Crippen LogP contribution in [0.25, 0.3) is 0 Å². The molecule has 2 aromatic rings. The summed E-state index contributed by atoms with van der Waals surface area (Å²) in [6.07, 6.45) is 3.00. The second kappa shape index (κ2) is 5.74. The molecule has 4 heteroatoms. The van der Waals surface area contributed by atoms with Crippen molar-refractivity contribution in [2.45, 2.75) is 31.8 Å². The number of hydrogen-bond donors (Lipinski definition) is 1. The number of fused-ring (bicyclic) bond motifs is 1. The van der Waals surface area contributed by atoms with E-state index in [9.17, 15) is 4.79 Å². The summed E-state index contributed by atoms with van der Waals surface area (Å²) < 4.78 is 5.39. The van der Waals surface area contributed by atoms with Crippen LogP contribution in [0.1, 0.15) is 30.7 Å². The zero-order valence-corrected chi connectivity index (χ0v) is 12.4. The van der Waals surface area contributed by atoms with Crippen molar-refractivity contribution in [3.05, 3.63) is 54.0 Å². The lowest BCUT2D eigenvalue weighted by Crippen LogP contribution is -2.41. The van der Waals surface area contributed by atoms with Crippen molar-refractivity contribution >= 4 is 11.6 Å². The predicted octanol–water partition coefficient (Wildman–Crippen LogP) is 2.91. The van der Waals surface area contributed by atoms with E-state index >= 15 is 0 Å². The number of carbonyl (C=O) groups excluding carboxylic acids is 1. The number of benzene rings is 1. The van der Waals surface area contributed by atoms with Gasteiger partial charge in [-0.1, -0.05) is 18.2 Å². The molecule has 0 saturated carbocycles. The summed E-state index contributed by atoms with van der Waals surface area (Å²) in [5, 5.41) is 3.56. The molecule has 110 valence electrons. The second-order valence-corrected chi connectivity index (χ2v) is 5.62. The maximum atomic E-state index is 12.1. The third kappa shape index (κ3) is 2.85. The molecule has 1 N–H and O–H groups in total. The van der Waals surface area contributed by atoms with Gasteiger partial charge in [0, 0.05) is 37.7 Å². The molecule has 1 amide bonds. The molecule has 3 rings (SSSR count). The number of nitrogens with one attached hydrogen (secondary N) is 1. The fourth-order valence-electron chi connectivity index (χ4n) is 2.93. The summed E-state index contributed by atoms with van der Waals surface area (Å²) in [5.74, 6) is 1.11. The van der Waals surface area contributed by atoms with Gasteiger partial charge in [-0.15, -0.1) is 0 Å². The number of amides is 1. The van der Waals surface area contributed by atoms with Gasteiger partial charge in [0.15, 0.2) is 0 Å². The van der Waals surface area contributed by atoms with Crippen molar-refractivity contribution in [1.29, 1.82) is 0 Å². The van der Waals surface area contributed by atoms with Gasteiger partial charge >= 0.3 is 0 Å². The number of nitrogens with zero attached hydrogens (tertiary/aromatic N) is 1. The van der Waals surface area contributed by atoms with Crippen molar-refractivity contribution in [3.63, 3.8) is 0 Å². The summed E-state index contributed by atoms with van der Waals surface area (Å²) >= 11 is 0. The highest BCUT2D eigenvalue weighted by Gasteiger charge is 2.29. The van der Waals surface area contributed by atoms with E-state index < -0.39 is 0 Å². The monoisotopic (exact) mass is 284 g/mol. The van der Waals surface area contributed by atoms with E-state index in [1.807, 2.05) is 37.4 Å². The van der Waals surface area contributed by atoms with Gasteiger partial charge < -0.3 is 14.6 Å². The van der Waals surface area contributed by atoms with E-state index in [2.05, 4.69) is 18.3 Å². The van der Waals surface area contributed by atoms with Gasteiger partial charge in [0.25, 0.3) is 0 Å². The maximum absolute atomic E-state index is 12.1. The first-order valence-electron chi connectivity index (χ1n) is 7.29. The summed E-state index contributed by atoms with van der Waals surface area (Å²) in [5.41, 5.74) is 2.18. The van der Waals surface area contributed by atoms with Crippen LogP contribution in [0.3, 0.4) is 0 Å². The molecule has 2 atom stereocenters. The lowest BCUT2D eigenvalue weighted by atomic mass is 9.95. The molecule has 0 saturated heterocycles. The van der Waals surface area contributed by atoms with E-state index in [0.29, 0.717) is 6.42 Å². The number of para-hydroxylation sites is 1. The van der Waals surface area contributed by atoms with E-state index in [1.165, 1.54) is 5.56 Å². The van der Waals surface area contributed by atoms with Crippen LogP contribution in [0, 0.1) is 0 Å². The van der Waals surface area contributed by atoms with Crippen molar-refractivity contribution in [2.24, 2.45) is 0 Å². The van der Waals surface area contributed by atoms with Crippen LogP contribution in [0.2, 0.25) is 0 Å². The standard InChI is InChI=1S/C17H20N2O2/c1-12(10-13-6-5-9-21-13)18-15-11-17(20)19(2)16-8-4-3-7-14(15)16/h3-9,12,15,18H,10-11H2,1-2H3. The molecule has 0 fully saturated rings. The van der Waals surface area contributed by atoms with Gasteiger partial charge in [-0.3, -0.25) is 4.79 Å². The van der Waals surface area contributed by atoms with Gasteiger partial charge in [-0.2, -0.15) is 0 Å². The largest absolute Gasteiger partial charge is 0.469 e. The smallest absolute Gasteiger partial charge is 0.228 e. The SMILES string of the molecule is CC(Cc1ccco1)NC1CC(=O)N(C)c2ccccc21. The number of carbonyl (C=O) groups is 1. The van der Waals surface area contributed by atoms with E-state index in [0.717, 1.165) is 17.9 Å². The van der Waals surface area contributed by atoms with Crippen molar-refractivity contribution < 1.29 is 9.21 Å². The number of hydrogen-bond acceptors (Lipinski definition) is 3. The zero-order chi connectivity index (χ0) is 14.8. The Kier molecular flexibility index (Phi) is 3.80. The molecule has 0 radical (unpaired) electrons.